The molecule has 0 aliphatic carbocycles. The first-order valence-electron chi connectivity index (χ1n) is 7.58. The third kappa shape index (κ3) is 6.25. The van der Waals surface area contributed by atoms with Gasteiger partial charge >= 0.3 is 0 Å². The molecule has 1 aromatic carbocycles. The molecule has 0 amide bonds. The van der Waals surface area contributed by atoms with Crippen molar-refractivity contribution in [3.63, 3.8) is 0 Å². The van der Waals surface area contributed by atoms with E-state index in [9.17, 15) is 0 Å². The molecule has 0 spiro atoms. The van der Waals surface area contributed by atoms with E-state index in [1.54, 1.807) is 0 Å². The first-order valence-corrected chi connectivity index (χ1v) is 7.96. The highest BCUT2D eigenvalue weighted by molar-refractivity contribution is 6.30. The number of likely N-dealkylation sites (N-methyl/N-ethyl adjacent to an activating group) is 1. The monoisotopic (exact) mass is 296 g/mol. The first-order chi connectivity index (χ1) is 9.42. The summed E-state index contributed by atoms with van der Waals surface area (Å²) in [7, 11) is 4.27. The van der Waals surface area contributed by atoms with Gasteiger partial charge in [0.25, 0.3) is 0 Å². The topological polar surface area (TPSA) is 15.3 Å². The Morgan fingerprint density at radius 1 is 1.25 bits per heavy atom. The van der Waals surface area contributed by atoms with E-state index in [1.165, 1.54) is 12.0 Å². The van der Waals surface area contributed by atoms with Crippen molar-refractivity contribution < 1.29 is 0 Å². The number of nitrogens with one attached hydrogen (secondary N) is 1. The number of hydrogen-bond acceptors (Lipinski definition) is 2. The van der Waals surface area contributed by atoms with E-state index in [2.05, 4.69) is 57.2 Å². The lowest BCUT2D eigenvalue weighted by Crippen LogP contribution is -2.41. The standard InChI is InChI=1S/C17H29ClN2/c1-6-17(14-8-7-9-15(18)11-14)19-16(10-13(2)3)12-20(4)5/h7-9,11,13,16-17,19H,6,10,12H2,1-5H3. The molecule has 2 nitrogen and oxygen atoms in total. The van der Waals surface area contributed by atoms with E-state index in [0.717, 1.165) is 18.0 Å². The Morgan fingerprint density at radius 2 is 1.95 bits per heavy atom. The first kappa shape index (κ1) is 17.5. The fourth-order valence-corrected chi connectivity index (χ4v) is 2.86. The SMILES string of the molecule is CCC(NC(CC(C)C)CN(C)C)c1cccc(Cl)c1. The average molecular weight is 297 g/mol. The van der Waals surface area contributed by atoms with Crippen molar-refractivity contribution in [3.05, 3.63) is 34.9 Å². The summed E-state index contributed by atoms with van der Waals surface area (Å²) in [4.78, 5) is 2.25. The summed E-state index contributed by atoms with van der Waals surface area (Å²) in [6.07, 6.45) is 2.26. The van der Waals surface area contributed by atoms with Gasteiger partial charge in [-0.05, 0) is 50.6 Å². The van der Waals surface area contributed by atoms with Crippen molar-refractivity contribution in [2.24, 2.45) is 5.92 Å². The van der Waals surface area contributed by atoms with Gasteiger partial charge in [-0.2, -0.15) is 0 Å². The number of halogens is 1. The molecule has 1 rings (SSSR count). The highest BCUT2D eigenvalue weighted by atomic mass is 35.5. The minimum Gasteiger partial charge on any atom is -0.308 e. The Balaban J connectivity index is 2.77. The third-order valence-corrected chi connectivity index (χ3v) is 3.67. The van der Waals surface area contributed by atoms with Crippen LogP contribution in [0.4, 0.5) is 0 Å². The molecule has 0 saturated carbocycles. The molecule has 1 aromatic rings. The van der Waals surface area contributed by atoms with Gasteiger partial charge in [0.1, 0.15) is 0 Å². The molecule has 0 aliphatic heterocycles. The predicted octanol–water partition coefficient (Wildman–Crippen LogP) is 4.36. The summed E-state index contributed by atoms with van der Waals surface area (Å²) < 4.78 is 0. The lowest BCUT2D eigenvalue weighted by atomic mass is 9.99. The van der Waals surface area contributed by atoms with Crippen LogP contribution in [0.25, 0.3) is 0 Å². The molecule has 2 atom stereocenters. The van der Waals surface area contributed by atoms with Crippen molar-refractivity contribution in [1.29, 1.82) is 0 Å². The van der Waals surface area contributed by atoms with Crippen molar-refractivity contribution in [3.8, 4) is 0 Å². The Bertz CT molecular complexity index is 380. The molecular weight excluding hydrogens is 268 g/mol. The molecule has 114 valence electrons. The summed E-state index contributed by atoms with van der Waals surface area (Å²) in [5, 5.41) is 4.63. The third-order valence-electron chi connectivity index (χ3n) is 3.44. The van der Waals surface area contributed by atoms with E-state index in [1.807, 2.05) is 12.1 Å². The van der Waals surface area contributed by atoms with Gasteiger partial charge < -0.3 is 10.2 Å². The predicted molar refractivity (Wildman–Crippen MR) is 89.4 cm³/mol. The van der Waals surface area contributed by atoms with Gasteiger partial charge in [-0.3, -0.25) is 0 Å². The normalized spacial score (nSPS) is 14.8. The number of hydrogen-bond donors (Lipinski definition) is 1. The van der Waals surface area contributed by atoms with Crippen LogP contribution in [-0.4, -0.2) is 31.6 Å². The van der Waals surface area contributed by atoms with Crippen LogP contribution >= 0.6 is 11.6 Å². The van der Waals surface area contributed by atoms with E-state index < -0.39 is 0 Å². The zero-order chi connectivity index (χ0) is 15.1. The largest absolute Gasteiger partial charge is 0.308 e. The number of benzene rings is 1. The number of nitrogens with zero attached hydrogens (tertiary/aromatic N) is 1. The maximum atomic E-state index is 6.12. The van der Waals surface area contributed by atoms with Crippen molar-refractivity contribution in [2.45, 2.75) is 45.7 Å². The van der Waals surface area contributed by atoms with Gasteiger partial charge in [0.2, 0.25) is 0 Å². The lowest BCUT2D eigenvalue weighted by Gasteiger charge is -2.29. The molecule has 1 N–H and O–H groups in total. The summed E-state index contributed by atoms with van der Waals surface area (Å²) in [5.74, 6) is 0.698. The molecular formula is C17H29ClN2. The minimum atomic E-state index is 0.373. The van der Waals surface area contributed by atoms with Gasteiger partial charge in [-0.15, -0.1) is 0 Å². The van der Waals surface area contributed by atoms with Crippen LogP contribution in [0.15, 0.2) is 24.3 Å². The van der Waals surface area contributed by atoms with Gasteiger partial charge in [0.15, 0.2) is 0 Å². The van der Waals surface area contributed by atoms with Gasteiger partial charge in [0.05, 0.1) is 0 Å². The maximum absolute atomic E-state index is 6.12. The quantitative estimate of drug-likeness (QED) is 0.767. The summed E-state index contributed by atoms with van der Waals surface area (Å²) in [6.45, 7) is 7.85. The van der Waals surface area contributed by atoms with Gasteiger partial charge in [0, 0.05) is 23.7 Å². The summed E-state index contributed by atoms with van der Waals surface area (Å²) in [5.41, 5.74) is 1.28. The van der Waals surface area contributed by atoms with E-state index in [4.69, 9.17) is 11.6 Å². The van der Waals surface area contributed by atoms with Crippen molar-refractivity contribution in [2.75, 3.05) is 20.6 Å². The Hall–Kier alpha value is -0.570. The molecule has 2 unspecified atom stereocenters. The zero-order valence-corrected chi connectivity index (χ0v) is 14.2. The highest BCUT2D eigenvalue weighted by Crippen LogP contribution is 2.22. The maximum Gasteiger partial charge on any atom is 0.0409 e. The second-order valence-corrected chi connectivity index (χ2v) is 6.71. The molecule has 0 saturated heterocycles. The van der Waals surface area contributed by atoms with Crippen LogP contribution in [-0.2, 0) is 0 Å². The Labute approximate surface area is 129 Å². The molecule has 0 radical (unpaired) electrons. The Kier molecular flexibility index (Phi) is 7.57. The molecule has 0 aromatic heterocycles. The fourth-order valence-electron chi connectivity index (χ4n) is 2.66. The van der Waals surface area contributed by atoms with E-state index in [0.29, 0.717) is 18.0 Å². The molecule has 0 bridgehead atoms. The van der Waals surface area contributed by atoms with Crippen LogP contribution < -0.4 is 5.32 Å². The smallest absolute Gasteiger partial charge is 0.0409 e. The van der Waals surface area contributed by atoms with E-state index in [-0.39, 0.29) is 0 Å². The molecule has 0 aliphatic rings. The van der Waals surface area contributed by atoms with Gasteiger partial charge in [-0.1, -0.05) is 44.5 Å². The van der Waals surface area contributed by atoms with Crippen molar-refractivity contribution >= 4 is 11.6 Å². The Morgan fingerprint density at radius 3 is 2.45 bits per heavy atom. The fraction of sp³-hybridized carbons (Fsp3) is 0.647. The average Bonchev–Trinajstić information content (AvgIpc) is 2.34. The minimum absolute atomic E-state index is 0.373. The second kappa shape index (κ2) is 8.66. The summed E-state index contributed by atoms with van der Waals surface area (Å²) >= 11 is 6.12. The lowest BCUT2D eigenvalue weighted by molar-refractivity contribution is 0.284. The zero-order valence-electron chi connectivity index (χ0n) is 13.5. The molecule has 20 heavy (non-hydrogen) atoms. The number of rotatable bonds is 8. The second-order valence-electron chi connectivity index (χ2n) is 6.27. The molecule has 3 heteroatoms. The summed E-state index contributed by atoms with van der Waals surface area (Å²) in [6, 6.07) is 9.08. The molecule has 0 heterocycles. The van der Waals surface area contributed by atoms with E-state index >= 15 is 0 Å². The molecule has 0 fully saturated rings. The van der Waals surface area contributed by atoms with Crippen LogP contribution in [0, 0.1) is 5.92 Å². The van der Waals surface area contributed by atoms with Crippen LogP contribution in [0.5, 0.6) is 0 Å². The highest BCUT2D eigenvalue weighted by Gasteiger charge is 2.17. The van der Waals surface area contributed by atoms with Gasteiger partial charge in [-0.25, -0.2) is 0 Å². The van der Waals surface area contributed by atoms with Crippen LogP contribution in [0.3, 0.4) is 0 Å². The van der Waals surface area contributed by atoms with Crippen molar-refractivity contribution in [1.82, 2.24) is 10.2 Å². The van der Waals surface area contributed by atoms with Crippen LogP contribution in [0.1, 0.15) is 45.2 Å². The van der Waals surface area contributed by atoms with Crippen LogP contribution in [0.2, 0.25) is 5.02 Å².